The van der Waals surface area contributed by atoms with Crippen LogP contribution in [0.5, 0.6) is 0 Å². The Balaban J connectivity index is 0.00000135. The van der Waals surface area contributed by atoms with Gasteiger partial charge in [-0.3, -0.25) is 19.1 Å². The number of nitrogens with zero attached hydrogens (tertiary/aromatic N) is 6. The quantitative estimate of drug-likeness (QED) is 0.404. The summed E-state index contributed by atoms with van der Waals surface area (Å²) < 4.78 is 4.05. The third kappa shape index (κ3) is 4.65. The molecule has 0 atom stereocenters. The molecule has 0 bridgehead atoms. The molecular formula is C31H39N7O. The molecule has 1 saturated carbocycles. The van der Waals surface area contributed by atoms with E-state index >= 15 is 0 Å². The molecule has 1 aliphatic carbocycles. The lowest BCUT2D eigenvalue weighted by molar-refractivity contribution is -0.129. The molecule has 1 saturated heterocycles. The topological polar surface area (TPSA) is 80.9 Å². The Morgan fingerprint density at radius 1 is 1.18 bits per heavy atom. The molecular weight excluding hydrogens is 486 g/mol. The summed E-state index contributed by atoms with van der Waals surface area (Å²) in [6.45, 7) is 10.4. The van der Waals surface area contributed by atoms with Gasteiger partial charge in [0.05, 0.1) is 17.6 Å². The molecule has 5 heterocycles. The Morgan fingerprint density at radius 2 is 2.00 bits per heavy atom. The van der Waals surface area contributed by atoms with E-state index in [9.17, 15) is 4.79 Å². The van der Waals surface area contributed by atoms with Crippen molar-refractivity contribution in [2.45, 2.75) is 59.5 Å². The van der Waals surface area contributed by atoms with Crippen molar-refractivity contribution in [3.05, 3.63) is 54.1 Å². The van der Waals surface area contributed by atoms with E-state index in [2.05, 4.69) is 45.6 Å². The van der Waals surface area contributed by atoms with Gasteiger partial charge in [0.25, 0.3) is 0 Å². The molecule has 1 N–H and O–H groups in total. The van der Waals surface area contributed by atoms with Gasteiger partial charge in [0, 0.05) is 93.3 Å². The van der Waals surface area contributed by atoms with Gasteiger partial charge in [-0.1, -0.05) is 32.0 Å². The SMILES string of the molecule is CC.CC(=O)N1CCc2c(c(-c3cccc4cc(-c5cnn(CCC6CC7(CNC7)C6)c5)ncc34)nn2C)C1. The van der Waals surface area contributed by atoms with E-state index in [1.54, 1.807) is 6.92 Å². The largest absolute Gasteiger partial charge is 0.338 e. The van der Waals surface area contributed by atoms with Crippen LogP contribution in [-0.4, -0.2) is 55.0 Å². The molecule has 39 heavy (non-hydrogen) atoms. The van der Waals surface area contributed by atoms with Crippen LogP contribution in [0.2, 0.25) is 0 Å². The number of aryl methyl sites for hydroxylation is 2. The van der Waals surface area contributed by atoms with Gasteiger partial charge in [0.1, 0.15) is 0 Å². The minimum Gasteiger partial charge on any atom is -0.338 e. The summed E-state index contributed by atoms with van der Waals surface area (Å²) in [5.74, 6) is 0.948. The van der Waals surface area contributed by atoms with Crippen molar-refractivity contribution < 1.29 is 4.79 Å². The van der Waals surface area contributed by atoms with Crippen LogP contribution in [0.1, 0.15) is 51.3 Å². The van der Waals surface area contributed by atoms with E-state index in [0.29, 0.717) is 12.0 Å². The van der Waals surface area contributed by atoms with Gasteiger partial charge < -0.3 is 10.2 Å². The van der Waals surface area contributed by atoms with Gasteiger partial charge in [-0.15, -0.1) is 0 Å². The molecule has 8 nitrogen and oxygen atoms in total. The fourth-order valence-electron chi connectivity index (χ4n) is 6.68. The first kappa shape index (κ1) is 25.7. The number of benzene rings is 1. The van der Waals surface area contributed by atoms with Gasteiger partial charge in [-0.05, 0) is 42.0 Å². The van der Waals surface area contributed by atoms with Crippen molar-refractivity contribution in [2.75, 3.05) is 19.6 Å². The Morgan fingerprint density at radius 3 is 2.74 bits per heavy atom. The van der Waals surface area contributed by atoms with E-state index in [1.165, 1.54) is 38.0 Å². The second-order valence-electron chi connectivity index (χ2n) is 11.3. The lowest BCUT2D eigenvalue weighted by Crippen LogP contribution is -2.60. The van der Waals surface area contributed by atoms with Crippen molar-refractivity contribution >= 4 is 16.7 Å². The van der Waals surface area contributed by atoms with Gasteiger partial charge in [-0.25, -0.2) is 0 Å². The smallest absolute Gasteiger partial charge is 0.219 e. The first-order valence-corrected chi connectivity index (χ1v) is 14.4. The number of nitrogens with one attached hydrogen (secondary N) is 1. The zero-order chi connectivity index (χ0) is 27.1. The number of amides is 1. The Hall–Kier alpha value is -3.52. The average Bonchev–Trinajstić information content (AvgIpc) is 3.52. The minimum absolute atomic E-state index is 0.109. The second-order valence-corrected chi connectivity index (χ2v) is 11.3. The highest BCUT2D eigenvalue weighted by Gasteiger charge is 2.47. The molecule has 3 aromatic heterocycles. The summed E-state index contributed by atoms with van der Waals surface area (Å²) in [7, 11) is 2.00. The maximum absolute atomic E-state index is 12.1. The minimum atomic E-state index is 0.109. The van der Waals surface area contributed by atoms with Crippen LogP contribution in [0, 0.1) is 11.3 Å². The van der Waals surface area contributed by atoms with E-state index in [0.717, 1.165) is 64.3 Å². The predicted octanol–water partition coefficient (Wildman–Crippen LogP) is 4.82. The number of fused-ring (bicyclic) bond motifs is 2. The second kappa shape index (κ2) is 10.2. The summed E-state index contributed by atoms with van der Waals surface area (Å²) >= 11 is 0. The van der Waals surface area contributed by atoms with Crippen LogP contribution in [0.3, 0.4) is 0 Å². The molecule has 1 aromatic carbocycles. The highest BCUT2D eigenvalue weighted by Crippen LogP contribution is 2.49. The fraction of sp³-hybridized carbons (Fsp3) is 0.484. The predicted molar refractivity (Wildman–Crippen MR) is 154 cm³/mol. The molecule has 2 aliphatic heterocycles. The van der Waals surface area contributed by atoms with Gasteiger partial charge in [-0.2, -0.15) is 10.2 Å². The third-order valence-electron chi connectivity index (χ3n) is 8.85. The lowest BCUT2D eigenvalue weighted by atomic mass is 9.58. The van der Waals surface area contributed by atoms with Crippen LogP contribution < -0.4 is 5.32 Å². The van der Waals surface area contributed by atoms with Crippen molar-refractivity contribution in [3.8, 4) is 22.5 Å². The number of aromatic nitrogens is 5. The Kier molecular flexibility index (Phi) is 6.75. The van der Waals surface area contributed by atoms with Crippen LogP contribution in [0.25, 0.3) is 33.3 Å². The Bertz CT molecular complexity index is 1500. The molecule has 1 amide bonds. The van der Waals surface area contributed by atoms with Crippen LogP contribution in [0.15, 0.2) is 42.9 Å². The number of rotatable bonds is 5. The standard InChI is InChI=1S/C29H33N7O.C2H6/c1-19(37)35-8-7-27-25(16-35)28(33-34(27)2)23-5-3-4-21-10-26(31-14-24(21)23)22-13-32-36(15-22)9-6-20-11-29(12-20)17-30-18-29;1-2/h3-5,10,13-15,20,30H,6-9,11-12,16-18H2,1-2H3;1-2H3. The summed E-state index contributed by atoms with van der Waals surface area (Å²) in [5.41, 5.74) is 6.99. The maximum Gasteiger partial charge on any atom is 0.219 e. The zero-order valence-electron chi connectivity index (χ0n) is 23.6. The van der Waals surface area contributed by atoms with Gasteiger partial charge in [0.15, 0.2) is 0 Å². The number of carbonyl (C=O) groups is 1. The molecule has 7 rings (SSSR count). The average molecular weight is 526 g/mol. The molecule has 3 aliphatic rings. The van der Waals surface area contributed by atoms with Gasteiger partial charge >= 0.3 is 0 Å². The molecule has 2 fully saturated rings. The number of hydrogen-bond acceptors (Lipinski definition) is 5. The highest BCUT2D eigenvalue weighted by molar-refractivity contribution is 5.97. The van der Waals surface area contributed by atoms with E-state index in [4.69, 9.17) is 10.1 Å². The third-order valence-corrected chi connectivity index (χ3v) is 8.85. The first-order chi connectivity index (χ1) is 19.0. The monoisotopic (exact) mass is 525 g/mol. The Labute approximate surface area is 230 Å². The first-order valence-electron chi connectivity index (χ1n) is 14.4. The molecule has 4 aromatic rings. The fourth-order valence-corrected chi connectivity index (χ4v) is 6.68. The summed E-state index contributed by atoms with van der Waals surface area (Å²) in [4.78, 5) is 18.8. The molecule has 204 valence electrons. The van der Waals surface area contributed by atoms with Crippen molar-refractivity contribution in [1.29, 1.82) is 0 Å². The van der Waals surface area contributed by atoms with E-state index in [1.807, 2.05) is 42.9 Å². The van der Waals surface area contributed by atoms with Crippen LogP contribution in [0.4, 0.5) is 0 Å². The number of hydrogen-bond donors (Lipinski definition) is 1. The maximum atomic E-state index is 12.1. The normalized spacial score (nSPS) is 17.8. The van der Waals surface area contributed by atoms with Gasteiger partial charge in [0.2, 0.25) is 5.91 Å². The molecule has 0 unspecified atom stereocenters. The van der Waals surface area contributed by atoms with E-state index < -0.39 is 0 Å². The summed E-state index contributed by atoms with van der Waals surface area (Å²) in [6.07, 6.45) is 10.8. The molecule has 1 spiro atoms. The van der Waals surface area contributed by atoms with Crippen LogP contribution >= 0.6 is 0 Å². The highest BCUT2D eigenvalue weighted by atomic mass is 16.2. The van der Waals surface area contributed by atoms with E-state index in [-0.39, 0.29) is 5.91 Å². The van der Waals surface area contributed by atoms with Crippen LogP contribution in [-0.2, 0) is 31.4 Å². The zero-order valence-corrected chi connectivity index (χ0v) is 23.6. The molecule has 0 radical (unpaired) electrons. The lowest BCUT2D eigenvalue weighted by Gasteiger charge is -2.54. The summed E-state index contributed by atoms with van der Waals surface area (Å²) in [5, 5.41) is 15.1. The van der Waals surface area contributed by atoms with Crippen molar-refractivity contribution in [3.63, 3.8) is 0 Å². The van der Waals surface area contributed by atoms with Crippen molar-refractivity contribution in [2.24, 2.45) is 18.4 Å². The molecule has 8 heteroatoms. The van der Waals surface area contributed by atoms with Crippen molar-refractivity contribution in [1.82, 2.24) is 34.8 Å². The summed E-state index contributed by atoms with van der Waals surface area (Å²) in [6, 6.07) is 8.48. The number of pyridine rings is 1. The number of carbonyl (C=O) groups excluding carboxylic acids is 1.